The zero-order chi connectivity index (χ0) is 20.6. The van der Waals surface area contributed by atoms with Crippen molar-refractivity contribution in [1.82, 2.24) is 19.8 Å². The van der Waals surface area contributed by atoms with Gasteiger partial charge in [0.25, 0.3) is 0 Å². The van der Waals surface area contributed by atoms with E-state index in [1.54, 1.807) is 24.0 Å². The van der Waals surface area contributed by atoms with Gasteiger partial charge in [-0.15, -0.1) is 0 Å². The van der Waals surface area contributed by atoms with Crippen LogP contribution in [0.25, 0.3) is 0 Å². The fraction of sp³-hybridized carbons (Fsp3) is 0.632. The van der Waals surface area contributed by atoms with E-state index in [1.807, 2.05) is 0 Å². The Kier molecular flexibility index (Phi) is 5.26. The third kappa shape index (κ3) is 4.25. The zero-order valence-corrected chi connectivity index (χ0v) is 16.2. The minimum Gasteiger partial charge on any atom is -0.367 e. The van der Waals surface area contributed by atoms with Crippen LogP contribution in [-0.2, 0) is 11.2 Å². The summed E-state index contributed by atoms with van der Waals surface area (Å²) in [6, 6.07) is 1.37. The molecule has 1 amide bonds. The van der Waals surface area contributed by atoms with Crippen LogP contribution in [0.1, 0.15) is 43.2 Å². The molecule has 2 aliphatic rings. The Bertz CT molecular complexity index is 849. The van der Waals surface area contributed by atoms with Gasteiger partial charge in [0, 0.05) is 44.1 Å². The van der Waals surface area contributed by atoms with Crippen molar-refractivity contribution in [3.63, 3.8) is 0 Å². The molecular weight excluding hydrogens is 387 g/mol. The molecule has 0 bridgehead atoms. The van der Waals surface area contributed by atoms with E-state index in [0.717, 1.165) is 17.5 Å². The first-order valence-corrected chi connectivity index (χ1v) is 9.88. The van der Waals surface area contributed by atoms with E-state index >= 15 is 0 Å². The lowest BCUT2D eigenvalue weighted by Gasteiger charge is -2.41. The highest BCUT2D eigenvalue weighted by atomic mass is 19.4. The highest BCUT2D eigenvalue weighted by molar-refractivity contribution is 5.76. The number of aromatic nitrogens is 3. The zero-order valence-electron chi connectivity index (χ0n) is 16.2. The van der Waals surface area contributed by atoms with Gasteiger partial charge in [0.1, 0.15) is 11.6 Å². The van der Waals surface area contributed by atoms with Crippen molar-refractivity contribution >= 4 is 11.7 Å². The Labute approximate surface area is 166 Å². The minimum absolute atomic E-state index is 0.00447. The van der Waals surface area contributed by atoms with Crippen molar-refractivity contribution in [3.05, 3.63) is 29.8 Å². The summed E-state index contributed by atoms with van der Waals surface area (Å²) < 4.78 is 47.0. The lowest BCUT2D eigenvalue weighted by atomic mass is 9.85. The summed E-state index contributed by atoms with van der Waals surface area (Å²) in [6.07, 6.45) is -0.563. The molecule has 0 spiro atoms. The molecule has 4 heterocycles. The maximum absolute atomic E-state index is 13.6. The Morgan fingerprint density at radius 1 is 1.41 bits per heavy atom. The van der Waals surface area contributed by atoms with E-state index in [1.165, 1.54) is 6.20 Å². The van der Waals surface area contributed by atoms with Gasteiger partial charge in [-0.2, -0.15) is 18.3 Å². The molecule has 0 aliphatic carbocycles. The summed E-state index contributed by atoms with van der Waals surface area (Å²) in [7, 11) is 0. The Hall–Kier alpha value is -2.52. The van der Waals surface area contributed by atoms with Gasteiger partial charge in [0.15, 0.2) is 6.04 Å². The highest BCUT2D eigenvalue weighted by Crippen LogP contribution is 2.42. The number of aryl methyl sites for hydroxylation is 2. The van der Waals surface area contributed by atoms with Crippen molar-refractivity contribution in [2.75, 3.05) is 18.4 Å². The SMILES string of the molecule is Cc1cc2n(n1)[C@@H](C(F)(F)F)C[C@@H](C1CCCN(C(=O)CCc3ccno3)C1)N2. The number of carbonyl (C=O) groups excluding carboxylic acids is 1. The molecule has 2 aromatic rings. The molecule has 29 heavy (non-hydrogen) atoms. The Morgan fingerprint density at radius 2 is 2.24 bits per heavy atom. The third-order valence-electron chi connectivity index (χ3n) is 5.80. The van der Waals surface area contributed by atoms with Gasteiger partial charge in [0.05, 0.1) is 11.9 Å². The van der Waals surface area contributed by atoms with Crippen LogP contribution in [0.4, 0.5) is 19.0 Å². The van der Waals surface area contributed by atoms with Crippen molar-refractivity contribution in [1.29, 1.82) is 0 Å². The average molecular weight is 411 g/mol. The number of carbonyl (C=O) groups is 1. The second-order valence-electron chi connectivity index (χ2n) is 7.88. The summed E-state index contributed by atoms with van der Waals surface area (Å²) in [5.41, 5.74) is 0.551. The van der Waals surface area contributed by atoms with Crippen molar-refractivity contribution in [3.8, 4) is 0 Å². The molecule has 7 nitrogen and oxygen atoms in total. The van der Waals surface area contributed by atoms with Crippen LogP contribution in [0.3, 0.4) is 0 Å². The van der Waals surface area contributed by atoms with Gasteiger partial charge in [0.2, 0.25) is 5.91 Å². The lowest BCUT2D eigenvalue weighted by molar-refractivity contribution is -0.175. The smallest absolute Gasteiger partial charge is 0.367 e. The number of piperidine rings is 1. The number of halogens is 3. The van der Waals surface area contributed by atoms with E-state index in [0.29, 0.717) is 43.2 Å². The maximum Gasteiger partial charge on any atom is 0.410 e. The summed E-state index contributed by atoms with van der Waals surface area (Å²) in [6.45, 7) is 2.79. The van der Waals surface area contributed by atoms with Crippen LogP contribution >= 0.6 is 0 Å². The normalized spacial score (nSPS) is 24.8. The van der Waals surface area contributed by atoms with Crippen LogP contribution in [0.15, 0.2) is 22.9 Å². The summed E-state index contributed by atoms with van der Waals surface area (Å²) >= 11 is 0. The van der Waals surface area contributed by atoms with E-state index in [9.17, 15) is 18.0 Å². The molecule has 4 rings (SSSR count). The maximum atomic E-state index is 13.6. The number of anilines is 1. The quantitative estimate of drug-likeness (QED) is 0.835. The number of amides is 1. The molecule has 0 aromatic carbocycles. The molecule has 1 saturated heterocycles. The van der Waals surface area contributed by atoms with E-state index in [2.05, 4.69) is 15.6 Å². The van der Waals surface area contributed by atoms with E-state index in [4.69, 9.17) is 4.52 Å². The molecule has 3 atom stereocenters. The standard InChI is InChI=1S/C19H24F3N5O2/c1-12-9-17-24-15(10-16(19(20,21)22)27(17)25-12)13-3-2-8-26(11-13)18(28)5-4-14-6-7-23-29-14/h6-7,9,13,15-16,24H,2-5,8,10-11H2,1H3/t13?,15-,16+/m0/s1. The monoisotopic (exact) mass is 411 g/mol. The minimum atomic E-state index is -4.37. The number of fused-ring (bicyclic) bond motifs is 1. The van der Waals surface area contributed by atoms with Gasteiger partial charge >= 0.3 is 6.18 Å². The Balaban J connectivity index is 1.43. The largest absolute Gasteiger partial charge is 0.410 e. The first kappa shape index (κ1) is 19.8. The predicted molar refractivity (Wildman–Crippen MR) is 98.2 cm³/mol. The molecule has 0 saturated carbocycles. The van der Waals surface area contributed by atoms with E-state index < -0.39 is 12.2 Å². The number of hydrogen-bond donors (Lipinski definition) is 1. The molecule has 158 valence electrons. The van der Waals surface area contributed by atoms with Crippen molar-refractivity contribution in [2.24, 2.45) is 5.92 Å². The molecule has 2 aliphatic heterocycles. The highest BCUT2D eigenvalue weighted by Gasteiger charge is 2.47. The molecule has 1 unspecified atom stereocenters. The van der Waals surface area contributed by atoms with Crippen LogP contribution in [-0.4, -0.2) is 51.1 Å². The van der Waals surface area contributed by atoms with Crippen LogP contribution in [0.5, 0.6) is 0 Å². The summed E-state index contributed by atoms with van der Waals surface area (Å²) in [5.74, 6) is 1.01. The molecule has 1 fully saturated rings. The summed E-state index contributed by atoms with van der Waals surface area (Å²) in [4.78, 5) is 14.4. The number of hydrogen-bond acceptors (Lipinski definition) is 5. The predicted octanol–water partition coefficient (Wildman–Crippen LogP) is 3.34. The summed E-state index contributed by atoms with van der Waals surface area (Å²) in [5, 5.41) is 10.9. The number of rotatable bonds is 4. The lowest BCUT2D eigenvalue weighted by Crippen LogP contribution is -2.49. The number of alkyl halides is 3. The van der Waals surface area contributed by atoms with Gasteiger partial charge in [-0.3, -0.25) is 4.79 Å². The molecule has 10 heteroatoms. The van der Waals surface area contributed by atoms with Gasteiger partial charge in [-0.25, -0.2) is 4.68 Å². The fourth-order valence-electron chi connectivity index (χ4n) is 4.36. The van der Waals surface area contributed by atoms with E-state index in [-0.39, 0.29) is 24.3 Å². The topological polar surface area (TPSA) is 76.2 Å². The van der Waals surface area contributed by atoms with Gasteiger partial charge in [-0.1, -0.05) is 5.16 Å². The Morgan fingerprint density at radius 3 is 2.97 bits per heavy atom. The van der Waals surface area contributed by atoms with Crippen LogP contribution in [0, 0.1) is 12.8 Å². The molecular formula is C19H24F3N5O2. The van der Waals surface area contributed by atoms with Crippen molar-refractivity contribution < 1.29 is 22.5 Å². The number of nitrogens with one attached hydrogen (secondary N) is 1. The average Bonchev–Trinajstić information content (AvgIpc) is 3.32. The first-order chi connectivity index (χ1) is 13.8. The number of nitrogens with zero attached hydrogens (tertiary/aromatic N) is 4. The van der Waals surface area contributed by atoms with Gasteiger partial charge < -0.3 is 14.7 Å². The first-order valence-electron chi connectivity index (χ1n) is 9.88. The molecule has 0 radical (unpaired) electrons. The second-order valence-corrected chi connectivity index (χ2v) is 7.88. The third-order valence-corrected chi connectivity index (χ3v) is 5.80. The molecule has 1 N–H and O–H groups in total. The second kappa shape index (κ2) is 7.72. The number of likely N-dealkylation sites (tertiary alicyclic amines) is 1. The molecule has 2 aromatic heterocycles. The van der Waals surface area contributed by atoms with Gasteiger partial charge in [-0.05, 0) is 32.1 Å². The fourth-order valence-corrected chi connectivity index (χ4v) is 4.36. The van der Waals surface area contributed by atoms with Crippen LogP contribution in [0.2, 0.25) is 0 Å². The van der Waals surface area contributed by atoms with Crippen molar-refractivity contribution in [2.45, 2.75) is 57.3 Å². The van der Waals surface area contributed by atoms with Crippen LogP contribution < -0.4 is 5.32 Å².